The minimum atomic E-state index is -1.08. The maximum absolute atomic E-state index is 10.4. The number of hydrogen-bond acceptors (Lipinski definition) is 5. The zero-order valence-corrected chi connectivity index (χ0v) is 10.8. The first-order chi connectivity index (χ1) is 9.03. The first kappa shape index (κ1) is 13.1. The zero-order chi connectivity index (χ0) is 13.9. The largest absolute Gasteiger partial charge is 0.383 e. The Labute approximate surface area is 111 Å². The van der Waals surface area contributed by atoms with Crippen molar-refractivity contribution in [2.75, 3.05) is 11.9 Å². The van der Waals surface area contributed by atoms with E-state index in [0.717, 1.165) is 0 Å². The second-order valence-corrected chi connectivity index (χ2v) is 4.54. The number of rotatable bonds is 4. The van der Waals surface area contributed by atoms with Gasteiger partial charge in [-0.3, -0.25) is 4.68 Å². The van der Waals surface area contributed by atoms with E-state index in [-0.39, 0.29) is 6.54 Å². The van der Waals surface area contributed by atoms with Crippen LogP contribution in [0.25, 0.3) is 0 Å². The summed E-state index contributed by atoms with van der Waals surface area (Å²) < 4.78 is 1.63. The third-order valence-corrected chi connectivity index (χ3v) is 2.85. The molecular formula is C13H15N5O. The molecule has 0 aromatic carbocycles. The number of nitriles is 1. The molecule has 0 amide bonds. The fourth-order valence-electron chi connectivity index (χ4n) is 1.69. The fourth-order valence-corrected chi connectivity index (χ4v) is 1.69. The quantitative estimate of drug-likeness (QED) is 0.853. The zero-order valence-electron chi connectivity index (χ0n) is 10.8. The maximum atomic E-state index is 10.4. The molecule has 0 unspecified atom stereocenters. The molecule has 0 aliphatic heterocycles. The molecule has 0 aliphatic carbocycles. The lowest BCUT2D eigenvalue weighted by Crippen LogP contribution is -2.30. The van der Waals surface area contributed by atoms with Gasteiger partial charge in [-0.2, -0.15) is 10.4 Å². The number of nitrogens with zero attached hydrogens (tertiary/aromatic N) is 4. The number of anilines is 1. The Hall–Kier alpha value is -2.39. The average molecular weight is 257 g/mol. The van der Waals surface area contributed by atoms with Crippen molar-refractivity contribution < 1.29 is 5.11 Å². The molecule has 1 atom stereocenters. The van der Waals surface area contributed by atoms with Crippen molar-refractivity contribution in [3.63, 3.8) is 0 Å². The summed E-state index contributed by atoms with van der Waals surface area (Å²) in [5, 5.41) is 26.4. The van der Waals surface area contributed by atoms with Crippen molar-refractivity contribution in [3.05, 3.63) is 41.9 Å². The van der Waals surface area contributed by atoms with Crippen LogP contribution in [0, 0.1) is 11.3 Å². The second-order valence-electron chi connectivity index (χ2n) is 4.54. The van der Waals surface area contributed by atoms with E-state index in [1.807, 2.05) is 0 Å². The van der Waals surface area contributed by atoms with Crippen LogP contribution in [-0.4, -0.2) is 26.4 Å². The lowest BCUT2D eigenvalue weighted by molar-refractivity contribution is 0.0713. The molecule has 2 aromatic heterocycles. The number of aromatic nitrogens is 3. The van der Waals surface area contributed by atoms with Gasteiger partial charge in [0.2, 0.25) is 0 Å². The van der Waals surface area contributed by atoms with Crippen molar-refractivity contribution in [2.24, 2.45) is 7.05 Å². The van der Waals surface area contributed by atoms with Crippen molar-refractivity contribution in [1.29, 1.82) is 5.26 Å². The van der Waals surface area contributed by atoms with Crippen LogP contribution in [0.2, 0.25) is 0 Å². The summed E-state index contributed by atoms with van der Waals surface area (Å²) in [5.41, 5.74) is 0.0693. The molecule has 2 N–H and O–H groups in total. The van der Waals surface area contributed by atoms with Gasteiger partial charge in [-0.15, -0.1) is 0 Å². The summed E-state index contributed by atoms with van der Waals surface area (Å²) in [6, 6.07) is 5.42. The minimum absolute atomic E-state index is 0.240. The molecule has 2 heterocycles. The fraction of sp³-hybridized carbons (Fsp3) is 0.308. The van der Waals surface area contributed by atoms with Crippen LogP contribution in [0.1, 0.15) is 18.1 Å². The Morgan fingerprint density at radius 3 is 3.00 bits per heavy atom. The van der Waals surface area contributed by atoms with Crippen LogP contribution in [0.3, 0.4) is 0 Å². The van der Waals surface area contributed by atoms with Crippen LogP contribution in [0.4, 0.5) is 5.82 Å². The maximum Gasteiger partial charge on any atom is 0.143 e. The van der Waals surface area contributed by atoms with E-state index in [9.17, 15) is 5.11 Å². The third-order valence-electron chi connectivity index (χ3n) is 2.85. The van der Waals surface area contributed by atoms with Gasteiger partial charge >= 0.3 is 0 Å². The third kappa shape index (κ3) is 2.89. The smallest absolute Gasteiger partial charge is 0.143 e. The monoisotopic (exact) mass is 257 g/mol. The van der Waals surface area contributed by atoms with Gasteiger partial charge in [0.25, 0.3) is 0 Å². The van der Waals surface area contributed by atoms with Crippen LogP contribution < -0.4 is 5.32 Å². The van der Waals surface area contributed by atoms with Gasteiger partial charge in [0, 0.05) is 31.5 Å². The summed E-state index contributed by atoms with van der Waals surface area (Å²) in [4.78, 5) is 4.09. The summed E-state index contributed by atoms with van der Waals surface area (Å²) in [6.45, 7) is 1.93. The number of hydrogen-bond donors (Lipinski definition) is 2. The van der Waals surface area contributed by atoms with Gasteiger partial charge in [-0.1, -0.05) is 0 Å². The SMILES string of the molecule is Cn1cc([C@](C)(O)CNc2ncccc2C#N)cn1. The molecule has 0 saturated carbocycles. The molecule has 6 nitrogen and oxygen atoms in total. The van der Waals surface area contributed by atoms with Crippen LogP contribution in [0.15, 0.2) is 30.7 Å². The standard InChI is InChI=1S/C13H15N5O/c1-13(19,11-7-17-18(2)8-11)9-16-12-10(6-14)4-3-5-15-12/h3-5,7-8,19H,9H2,1-2H3,(H,15,16)/t13-/m1/s1. The molecule has 2 aromatic rings. The van der Waals surface area contributed by atoms with Crippen molar-refractivity contribution >= 4 is 5.82 Å². The van der Waals surface area contributed by atoms with Gasteiger partial charge < -0.3 is 10.4 Å². The molecule has 0 spiro atoms. The molecular weight excluding hydrogens is 242 g/mol. The first-order valence-electron chi connectivity index (χ1n) is 5.83. The Balaban J connectivity index is 2.12. The molecule has 0 aliphatic rings. The van der Waals surface area contributed by atoms with E-state index in [0.29, 0.717) is 16.9 Å². The number of aliphatic hydroxyl groups is 1. The normalized spacial score (nSPS) is 13.6. The Kier molecular flexibility index (Phi) is 3.49. The highest BCUT2D eigenvalue weighted by Gasteiger charge is 2.24. The van der Waals surface area contributed by atoms with Crippen molar-refractivity contribution in [2.45, 2.75) is 12.5 Å². The van der Waals surface area contributed by atoms with E-state index in [4.69, 9.17) is 5.26 Å². The second kappa shape index (κ2) is 5.08. The Morgan fingerprint density at radius 1 is 1.58 bits per heavy atom. The highest BCUT2D eigenvalue weighted by atomic mass is 16.3. The lowest BCUT2D eigenvalue weighted by Gasteiger charge is -2.22. The minimum Gasteiger partial charge on any atom is -0.383 e. The van der Waals surface area contributed by atoms with E-state index >= 15 is 0 Å². The molecule has 2 rings (SSSR count). The lowest BCUT2D eigenvalue weighted by atomic mass is 10.00. The van der Waals surface area contributed by atoms with Gasteiger partial charge in [0.1, 0.15) is 17.5 Å². The van der Waals surface area contributed by atoms with Gasteiger partial charge in [-0.05, 0) is 19.1 Å². The highest BCUT2D eigenvalue weighted by molar-refractivity contribution is 5.51. The van der Waals surface area contributed by atoms with Crippen LogP contribution >= 0.6 is 0 Å². The highest BCUT2D eigenvalue weighted by Crippen LogP contribution is 2.21. The van der Waals surface area contributed by atoms with E-state index in [1.54, 1.807) is 49.4 Å². The molecule has 0 fully saturated rings. The molecule has 0 bridgehead atoms. The topological polar surface area (TPSA) is 86.8 Å². The number of pyridine rings is 1. The summed E-state index contributed by atoms with van der Waals surface area (Å²) in [7, 11) is 1.79. The van der Waals surface area contributed by atoms with Crippen LogP contribution in [-0.2, 0) is 12.6 Å². The van der Waals surface area contributed by atoms with Gasteiger partial charge in [-0.25, -0.2) is 4.98 Å². The molecule has 19 heavy (non-hydrogen) atoms. The molecule has 98 valence electrons. The molecule has 0 saturated heterocycles. The van der Waals surface area contributed by atoms with Gasteiger partial charge in [0.15, 0.2) is 0 Å². The number of nitrogens with one attached hydrogen (secondary N) is 1. The molecule has 0 radical (unpaired) electrons. The summed E-state index contributed by atoms with van der Waals surface area (Å²) in [5.74, 6) is 0.467. The number of aryl methyl sites for hydroxylation is 1. The summed E-state index contributed by atoms with van der Waals surface area (Å²) >= 11 is 0. The molecule has 6 heteroatoms. The first-order valence-corrected chi connectivity index (χ1v) is 5.83. The van der Waals surface area contributed by atoms with E-state index < -0.39 is 5.60 Å². The van der Waals surface area contributed by atoms with Gasteiger partial charge in [0.05, 0.1) is 11.8 Å². The predicted molar refractivity (Wildman–Crippen MR) is 70.2 cm³/mol. The summed E-state index contributed by atoms with van der Waals surface area (Å²) in [6.07, 6.45) is 4.97. The van der Waals surface area contributed by atoms with E-state index in [2.05, 4.69) is 21.5 Å². The van der Waals surface area contributed by atoms with Crippen molar-refractivity contribution in [3.8, 4) is 6.07 Å². The predicted octanol–water partition coefficient (Wildman–Crippen LogP) is 1.01. The van der Waals surface area contributed by atoms with Crippen molar-refractivity contribution in [1.82, 2.24) is 14.8 Å². The Morgan fingerprint density at radius 2 is 2.37 bits per heavy atom. The average Bonchev–Trinajstić information content (AvgIpc) is 2.84. The van der Waals surface area contributed by atoms with Crippen LogP contribution in [0.5, 0.6) is 0 Å². The Bertz CT molecular complexity index is 611. The van der Waals surface area contributed by atoms with E-state index in [1.165, 1.54) is 0 Å².